The summed E-state index contributed by atoms with van der Waals surface area (Å²) in [6.45, 7) is 2.81. The Balaban J connectivity index is 2.14. The van der Waals surface area contributed by atoms with Gasteiger partial charge in [-0.2, -0.15) is 0 Å². The van der Waals surface area contributed by atoms with E-state index in [4.69, 9.17) is 23.2 Å². The van der Waals surface area contributed by atoms with Crippen LogP contribution in [0.4, 0.5) is 5.69 Å². The first-order chi connectivity index (χ1) is 9.54. The van der Waals surface area contributed by atoms with Gasteiger partial charge < -0.3 is 5.32 Å². The zero-order chi connectivity index (χ0) is 14.7. The van der Waals surface area contributed by atoms with Crippen molar-refractivity contribution in [2.75, 3.05) is 11.4 Å². The van der Waals surface area contributed by atoms with Crippen LogP contribution >= 0.6 is 23.2 Å². The molecule has 0 aromatic heterocycles. The van der Waals surface area contributed by atoms with Crippen LogP contribution in [-0.2, 0) is 9.59 Å². The Morgan fingerprint density at radius 2 is 2.05 bits per heavy atom. The summed E-state index contributed by atoms with van der Waals surface area (Å²) in [6.07, 6.45) is 2.20. The summed E-state index contributed by atoms with van der Waals surface area (Å²) in [5, 5.41) is 3.84. The number of nitrogens with zero attached hydrogens (tertiary/aromatic N) is 1. The molecule has 0 aliphatic carbocycles. The Hall–Kier alpha value is -1.10. The largest absolute Gasteiger partial charge is 0.305 e. The fourth-order valence-electron chi connectivity index (χ4n) is 2.14. The molecule has 2 amide bonds. The SMILES string of the molecule is CCCCN[C@H]1CC(=O)N(c2ccc(Cl)c(Cl)c2)C1=O. The van der Waals surface area contributed by atoms with E-state index in [1.807, 2.05) is 0 Å². The molecule has 4 nitrogen and oxygen atoms in total. The Morgan fingerprint density at radius 1 is 1.30 bits per heavy atom. The zero-order valence-electron chi connectivity index (χ0n) is 11.2. The highest BCUT2D eigenvalue weighted by Crippen LogP contribution is 2.30. The summed E-state index contributed by atoms with van der Waals surface area (Å²) in [6, 6.07) is 4.30. The quantitative estimate of drug-likeness (QED) is 0.671. The van der Waals surface area contributed by atoms with Gasteiger partial charge in [0.2, 0.25) is 5.91 Å². The summed E-state index contributed by atoms with van der Waals surface area (Å²) in [5.41, 5.74) is 0.467. The number of carbonyl (C=O) groups is 2. The van der Waals surface area contributed by atoms with Crippen molar-refractivity contribution in [1.82, 2.24) is 5.32 Å². The molecule has 1 fully saturated rings. The summed E-state index contributed by atoms with van der Waals surface area (Å²) >= 11 is 11.8. The molecule has 0 spiro atoms. The number of hydrogen-bond donors (Lipinski definition) is 1. The monoisotopic (exact) mass is 314 g/mol. The van der Waals surface area contributed by atoms with Gasteiger partial charge in [0.05, 0.1) is 28.2 Å². The lowest BCUT2D eigenvalue weighted by molar-refractivity contribution is -0.121. The summed E-state index contributed by atoms with van der Waals surface area (Å²) < 4.78 is 0. The van der Waals surface area contributed by atoms with Gasteiger partial charge in [0.15, 0.2) is 0 Å². The Bertz CT molecular complexity index is 534. The maximum Gasteiger partial charge on any atom is 0.251 e. The third-order valence-corrected chi connectivity index (χ3v) is 3.97. The summed E-state index contributed by atoms with van der Waals surface area (Å²) in [5.74, 6) is -0.452. The Labute approximate surface area is 128 Å². The van der Waals surface area contributed by atoms with Crippen molar-refractivity contribution in [2.45, 2.75) is 32.2 Å². The highest BCUT2D eigenvalue weighted by atomic mass is 35.5. The predicted octanol–water partition coefficient (Wildman–Crippen LogP) is 3.02. The minimum atomic E-state index is -0.441. The molecule has 0 bridgehead atoms. The first-order valence-corrected chi connectivity index (χ1v) is 7.35. The number of amides is 2. The second-order valence-electron chi connectivity index (χ2n) is 4.73. The Kier molecular flexibility index (Phi) is 5.02. The van der Waals surface area contributed by atoms with Crippen LogP contribution < -0.4 is 10.2 Å². The summed E-state index contributed by atoms with van der Waals surface area (Å²) in [4.78, 5) is 25.5. The van der Waals surface area contributed by atoms with Crippen LogP contribution in [-0.4, -0.2) is 24.4 Å². The van der Waals surface area contributed by atoms with Gasteiger partial charge in [0.25, 0.3) is 5.91 Å². The maximum absolute atomic E-state index is 12.3. The molecule has 1 aromatic rings. The van der Waals surface area contributed by atoms with Crippen molar-refractivity contribution in [2.24, 2.45) is 0 Å². The number of benzene rings is 1. The van der Waals surface area contributed by atoms with Gasteiger partial charge in [-0.05, 0) is 31.2 Å². The molecule has 1 aliphatic rings. The van der Waals surface area contributed by atoms with Gasteiger partial charge >= 0.3 is 0 Å². The molecule has 1 heterocycles. The number of hydrogen-bond acceptors (Lipinski definition) is 3. The molecule has 1 aliphatic heterocycles. The van der Waals surface area contributed by atoms with Gasteiger partial charge in [-0.15, -0.1) is 0 Å². The van der Waals surface area contributed by atoms with E-state index in [9.17, 15) is 9.59 Å². The lowest BCUT2D eigenvalue weighted by atomic mass is 10.2. The van der Waals surface area contributed by atoms with Crippen LogP contribution in [0.1, 0.15) is 26.2 Å². The van der Waals surface area contributed by atoms with E-state index in [0.29, 0.717) is 15.7 Å². The lowest BCUT2D eigenvalue weighted by Gasteiger charge is -2.16. The highest BCUT2D eigenvalue weighted by molar-refractivity contribution is 6.42. The zero-order valence-corrected chi connectivity index (χ0v) is 12.7. The third kappa shape index (κ3) is 3.14. The molecule has 1 saturated heterocycles. The van der Waals surface area contributed by atoms with Crippen molar-refractivity contribution in [3.8, 4) is 0 Å². The molecule has 0 radical (unpaired) electrons. The summed E-state index contributed by atoms with van der Waals surface area (Å²) in [7, 11) is 0. The minimum Gasteiger partial charge on any atom is -0.305 e. The van der Waals surface area contributed by atoms with Crippen molar-refractivity contribution < 1.29 is 9.59 Å². The molecule has 1 atom stereocenters. The molecule has 20 heavy (non-hydrogen) atoms. The average molecular weight is 315 g/mol. The van der Waals surface area contributed by atoms with E-state index >= 15 is 0 Å². The van der Waals surface area contributed by atoms with Crippen LogP contribution in [0.2, 0.25) is 10.0 Å². The standard InChI is InChI=1S/C14H16Cl2N2O2/c1-2-3-6-17-12-8-13(19)18(14(12)20)9-4-5-10(15)11(16)7-9/h4-5,7,12,17H,2-3,6,8H2,1H3/t12-/m0/s1. The number of halogens is 2. The van der Waals surface area contributed by atoms with Crippen molar-refractivity contribution >= 4 is 40.7 Å². The second kappa shape index (κ2) is 6.57. The smallest absolute Gasteiger partial charge is 0.251 e. The second-order valence-corrected chi connectivity index (χ2v) is 5.54. The number of anilines is 1. The van der Waals surface area contributed by atoms with Gasteiger partial charge in [0.1, 0.15) is 0 Å². The molecular weight excluding hydrogens is 299 g/mol. The van der Waals surface area contributed by atoms with Crippen molar-refractivity contribution in [3.05, 3.63) is 28.2 Å². The third-order valence-electron chi connectivity index (χ3n) is 3.23. The maximum atomic E-state index is 12.3. The highest BCUT2D eigenvalue weighted by Gasteiger charge is 2.39. The number of rotatable bonds is 5. The molecule has 6 heteroatoms. The fourth-order valence-corrected chi connectivity index (χ4v) is 2.43. The van der Waals surface area contributed by atoms with Gasteiger partial charge in [-0.25, -0.2) is 4.90 Å². The van der Waals surface area contributed by atoms with E-state index in [1.165, 1.54) is 11.0 Å². The van der Waals surface area contributed by atoms with Crippen LogP contribution in [0, 0.1) is 0 Å². The Morgan fingerprint density at radius 3 is 2.70 bits per heavy atom. The average Bonchev–Trinajstić information content (AvgIpc) is 2.69. The first kappa shape index (κ1) is 15.3. The molecule has 1 aromatic carbocycles. The van der Waals surface area contributed by atoms with Gasteiger partial charge in [-0.3, -0.25) is 9.59 Å². The van der Waals surface area contributed by atoms with Gasteiger partial charge in [0, 0.05) is 0 Å². The minimum absolute atomic E-state index is 0.183. The fraction of sp³-hybridized carbons (Fsp3) is 0.429. The van der Waals surface area contributed by atoms with Crippen molar-refractivity contribution in [3.63, 3.8) is 0 Å². The van der Waals surface area contributed by atoms with E-state index < -0.39 is 6.04 Å². The topological polar surface area (TPSA) is 49.4 Å². The van der Waals surface area contributed by atoms with Crippen LogP contribution in [0.15, 0.2) is 18.2 Å². The van der Waals surface area contributed by atoms with Crippen LogP contribution in [0.3, 0.4) is 0 Å². The molecular formula is C14H16Cl2N2O2. The predicted molar refractivity (Wildman–Crippen MR) is 80.3 cm³/mol. The molecule has 0 saturated carbocycles. The van der Waals surface area contributed by atoms with Crippen molar-refractivity contribution in [1.29, 1.82) is 0 Å². The molecule has 2 rings (SSSR count). The van der Waals surface area contributed by atoms with E-state index in [-0.39, 0.29) is 18.2 Å². The first-order valence-electron chi connectivity index (χ1n) is 6.59. The van der Waals surface area contributed by atoms with E-state index in [2.05, 4.69) is 12.2 Å². The number of carbonyl (C=O) groups excluding carboxylic acids is 2. The van der Waals surface area contributed by atoms with Crippen LogP contribution in [0.5, 0.6) is 0 Å². The van der Waals surface area contributed by atoms with Gasteiger partial charge in [-0.1, -0.05) is 36.5 Å². The van der Waals surface area contributed by atoms with E-state index in [1.54, 1.807) is 12.1 Å². The normalized spacial score (nSPS) is 18.9. The van der Waals surface area contributed by atoms with Crippen LogP contribution in [0.25, 0.3) is 0 Å². The molecule has 108 valence electrons. The molecule has 1 N–H and O–H groups in total. The number of nitrogens with one attached hydrogen (secondary N) is 1. The number of imide groups is 1. The lowest BCUT2D eigenvalue weighted by Crippen LogP contribution is -2.39. The van der Waals surface area contributed by atoms with E-state index in [0.717, 1.165) is 19.4 Å². The number of unbranched alkanes of at least 4 members (excludes halogenated alkanes) is 1. The molecule has 0 unspecified atom stereocenters.